The molecule has 3 aromatic rings. The van der Waals surface area contributed by atoms with Crippen LogP contribution in [0, 0.1) is 3.57 Å². The highest BCUT2D eigenvalue weighted by atomic mass is 127. The molecule has 1 aliphatic heterocycles. The molecule has 0 N–H and O–H groups in total. The number of carbonyl (C=O) groups is 1. The molecule has 9 heteroatoms. The van der Waals surface area contributed by atoms with Gasteiger partial charge >= 0.3 is 0 Å². The van der Waals surface area contributed by atoms with Crippen LogP contribution in [-0.4, -0.2) is 68.7 Å². The van der Waals surface area contributed by atoms with Crippen molar-refractivity contribution in [1.82, 2.24) is 29.6 Å². The Hall–Kier alpha value is -1.59. The van der Waals surface area contributed by atoms with Crippen LogP contribution in [0.2, 0.25) is 0 Å². The van der Waals surface area contributed by atoms with Gasteiger partial charge < -0.3 is 9.80 Å². The van der Waals surface area contributed by atoms with Crippen molar-refractivity contribution >= 4 is 44.8 Å². The molecule has 0 unspecified atom stereocenters. The van der Waals surface area contributed by atoms with Gasteiger partial charge in [0.15, 0.2) is 0 Å². The Bertz CT molecular complexity index is 898. The van der Waals surface area contributed by atoms with Crippen molar-refractivity contribution in [3.63, 3.8) is 0 Å². The second-order valence-electron chi connectivity index (χ2n) is 5.73. The monoisotopic (exact) mass is 454 g/mol. The van der Waals surface area contributed by atoms with E-state index in [1.54, 1.807) is 4.52 Å². The molecular weight excluding hydrogens is 439 g/mol. The van der Waals surface area contributed by atoms with Crippen LogP contribution in [0.3, 0.4) is 0 Å². The smallest absolute Gasteiger partial charge is 0.293 e. The maximum atomic E-state index is 12.7. The van der Waals surface area contributed by atoms with Gasteiger partial charge in [0.05, 0.1) is 0 Å². The van der Waals surface area contributed by atoms with E-state index in [1.807, 2.05) is 23.1 Å². The van der Waals surface area contributed by atoms with Gasteiger partial charge in [-0.3, -0.25) is 4.79 Å². The molecule has 1 saturated heterocycles. The van der Waals surface area contributed by atoms with Crippen LogP contribution >= 0.6 is 33.9 Å². The first-order chi connectivity index (χ1) is 11.6. The van der Waals surface area contributed by atoms with E-state index in [0.717, 1.165) is 27.2 Å². The molecule has 24 heavy (non-hydrogen) atoms. The molecule has 0 saturated carbocycles. The molecule has 0 bridgehead atoms. The number of hydrogen-bond acceptors (Lipinski definition) is 6. The lowest BCUT2D eigenvalue weighted by molar-refractivity contribution is 0.0649. The minimum absolute atomic E-state index is 0.102. The minimum Gasteiger partial charge on any atom is -0.333 e. The molecule has 1 fully saturated rings. The number of aromatic nitrogens is 4. The number of hydrogen-bond donors (Lipinski definition) is 0. The molecule has 124 valence electrons. The Morgan fingerprint density at radius 2 is 2.00 bits per heavy atom. The number of rotatable bonds is 2. The van der Waals surface area contributed by atoms with Gasteiger partial charge in [-0.2, -0.15) is 9.61 Å². The lowest BCUT2D eigenvalue weighted by Gasteiger charge is -2.31. The number of halogens is 1. The summed E-state index contributed by atoms with van der Waals surface area (Å²) in [7, 11) is 2.06. The van der Waals surface area contributed by atoms with Crippen LogP contribution in [0.5, 0.6) is 0 Å². The summed E-state index contributed by atoms with van der Waals surface area (Å²) in [5.74, 6) is 0.192. The average Bonchev–Trinajstić information content (AvgIpc) is 3.15. The zero-order chi connectivity index (χ0) is 16.7. The first-order valence-electron chi connectivity index (χ1n) is 7.58. The van der Waals surface area contributed by atoms with Gasteiger partial charge in [-0.1, -0.05) is 23.5 Å². The summed E-state index contributed by atoms with van der Waals surface area (Å²) in [6.45, 7) is 3.16. The summed E-state index contributed by atoms with van der Waals surface area (Å²) in [6, 6.07) is 8.10. The van der Waals surface area contributed by atoms with Gasteiger partial charge in [0.2, 0.25) is 10.8 Å². The van der Waals surface area contributed by atoms with Crippen LogP contribution in [0.15, 0.2) is 24.3 Å². The Labute approximate surface area is 156 Å². The highest BCUT2D eigenvalue weighted by molar-refractivity contribution is 14.1. The standard InChI is InChI=1S/C15H15IN6OS/c1-20-5-7-21(8-6-20)14(23)12-17-18-15-22(12)19-13(24-15)10-3-2-4-11(16)9-10/h2-4,9H,5-8H2,1H3. The maximum Gasteiger partial charge on any atom is 0.293 e. The third-order valence-corrected chi connectivity index (χ3v) is 5.66. The Morgan fingerprint density at radius 1 is 1.21 bits per heavy atom. The molecule has 0 spiro atoms. The molecule has 1 aliphatic rings. The van der Waals surface area contributed by atoms with Gasteiger partial charge in [-0.25, -0.2) is 0 Å². The van der Waals surface area contributed by atoms with E-state index in [-0.39, 0.29) is 5.91 Å². The van der Waals surface area contributed by atoms with Crippen molar-refractivity contribution in [3.05, 3.63) is 33.7 Å². The van der Waals surface area contributed by atoms with Crippen LogP contribution in [0.4, 0.5) is 0 Å². The van der Waals surface area contributed by atoms with Crippen molar-refractivity contribution in [2.75, 3.05) is 33.2 Å². The van der Waals surface area contributed by atoms with Gasteiger partial charge in [-0.15, -0.1) is 10.2 Å². The minimum atomic E-state index is -0.102. The quantitative estimate of drug-likeness (QED) is 0.553. The van der Waals surface area contributed by atoms with Gasteiger partial charge in [0.1, 0.15) is 5.01 Å². The van der Waals surface area contributed by atoms with Gasteiger partial charge in [-0.05, 0) is 41.8 Å². The predicted octanol–water partition coefficient (Wildman–Crippen LogP) is 1.84. The zero-order valence-corrected chi connectivity index (χ0v) is 16.0. The summed E-state index contributed by atoms with van der Waals surface area (Å²) >= 11 is 3.71. The highest BCUT2D eigenvalue weighted by Crippen LogP contribution is 2.26. The van der Waals surface area contributed by atoms with E-state index >= 15 is 0 Å². The molecule has 1 aromatic carbocycles. The lowest BCUT2D eigenvalue weighted by Crippen LogP contribution is -2.47. The van der Waals surface area contributed by atoms with E-state index in [9.17, 15) is 4.79 Å². The summed E-state index contributed by atoms with van der Waals surface area (Å²) in [5, 5.41) is 13.6. The van der Waals surface area contributed by atoms with E-state index in [0.29, 0.717) is 23.9 Å². The number of likely N-dealkylation sites (N-methyl/N-ethyl adjacent to an activating group) is 1. The fourth-order valence-corrected chi connectivity index (χ4v) is 4.02. The Kier molecular flexibility index (Phi) is 4.22. The topological polar surface area (TPSA) is 66.6 Å². The third-order valence-electron chi connectivity index (χ3n) is 4.04. The van der Waals surface area contributed by atoms with Gasteiger partial charge in [0, 0.05) is 35.3 Å². The normalized spacial score (nSPS) is 16.0. The number of carbonyl (C=O) groups excluding carboxylic acids is 1. The largest absolute Gasteiger partial charge is 0.333 e. The second-order valence-corrected chi connectivity index (χ2v) is 7.93. The average molecular weight is 454 g/mol. The highest BCUT2D eigenvalue weighted by Gasteiger charge is 2.26. The van der Waals surface area contributed by atoms with Crippen molar-refractivity contribution in [2.24, 2.45) is 0 Å². The SMILES string of the molecule is CN1CCN(C(=O)c2nnc3sc(-c4cccc(I)c4)nn23)CC1. The fourth-order valence-electron chi connectivity index (χ4n) is 2.64. The van der Waals surface area contributed by atoms with Gasteiger partial charge in [0.25, 0.3) is 5.91 Å². The molecule has 0 aliphatic carbocycles. The van der Waals surface area contributed by atoms with Crippen LogP contribution in [0.1, 0.15) is 10.6 Å². The Morgan fingerprint density at radius 3 is 2.75 bits per heavy atom. The van der Waals surface area contributed by atoms with E-state index in [4.69, 9.17) is 0 Å². The summed E-state index contributed by atoms with van der Waals surface area (Å²) in [4.78, 5) is 17.4. The van der Waals surface area contributed by atoms with Crippen molar-refractivity contribution in [1.29, 1.82) is 0 Å². The number of benzene rings is 1. The molecule has 0 radical (unpaired) electrons. The van der Waals surface area contributed by atoms with E-state index < -0.39 is 0 Å². The molecular formula is C15H15IN6OS. The number of amides is 1. The zero-order valence-electron chi connectivity index (χ0n) is 13.0. The van der Waals surface area contributed by atoms with Crippen LogP contribution in [0.25, 0.3) is 15.5 Å². The predicted molar refractivity (Wildman–Crippen MR) is 100 cm³/mol. The van der Waals surface area contributed by atoms with Crippen molar-refractivity contribution in [2.45, 2.75) is 0 Å². The third kappa shape index (κ3) is 2.91. The summed E-state index contributed by atoms with van der Waals surface area (Å²) in [5.41, 5.74) is 1.02. The molecule has 0 atom stereocenters. The summed E-state index contributed by atoms with van der Waals surface area (Å²) < 4.78 is 2.71. The number of piperazine rings is 1. The van der Waals surface area contributed by atoms with Crippen molar-refractivity contribution in [3.8, 4) is 10.6 Å². The maximum absolute atomic E-state index is 12.7. The first-order valence-corrected chi connectivity index (χ1v) is 9.47. The van der Waals surface area contributed by atoms with E-state index in [1.165, 1.54) is 11.3 Å². The molecule has 4 rings (SSSR count). The molecule has 1 amide bonds. The fraction of sp³-hybridized carbons (Fsp3) is 0.333. The van der Waals surface area contributed by atoms with Crippen LogP contribution in [-0.2, 0) is 0 Å². The summed E-state index contributed by atoms with van der Waals surface area (Å²) in [6.07, 6.45) is 0. The molecule has 2 aromatic heterocycles. The number of nitrogens with zero attached hydrogens (tertiary/aromatic N) is 6. The lowest BCUT2D eigenvalue weighted by atomic mass is 10.2. The Balaban J connectivity index is 1.66. The van der Waals surface area contributed by atoms with Crippen LogP contribution < -0.4 is 0 Å². The van der Waals surface area contributed by atoms with Crippen molar-refractivity contribution < 1.29 is 4.79 Å². The van der Waals surface area contributed by atoms with E-state index in [2.05, 4.69) is 55.9 Å². The molecule has 7 nitrogen and oxygen atoms in total. The number of fused-ring (bicyclic) bond motifs is 1. The molecule has 3 heterocycles. The second kappa shape index (κ2) is 6.37. The first kappa shape index (κ1) is 15.9.